The number of hydrogen-bond donors (Lipinski definition) is 2. The van der Waals surface area contributed by atoms with Gasteiger partial charge in [0.05, 0.1) is 0 Å². The number of nitrogens with one attached hydrogen (secondary N) is 2. The lowest BCUT2D eigenvalue weighted by atomic mass is 10.2. The Morgan fingerprint density at radius 3 is 3.20 bits per heavy atom. The van der Waals surface area contributed by atoms with Gasteiger partial charge in [-0.1, -0.05) is 12.1 Å². The third-order valence-electron chi connectivity index (χ3n) is 3.43. The maximum Gasteiger partial charge on any atom is 0.299 e. The van der Waals surface area contributed by atoms with Crippen LogP contribution in [0.2, 0.25) is 0 Å². The minimum Gasteiger partial charge on any atom is -0.423 e. The van der Waals surface area contributed by atoms with Crippen molar-refractivity contribution >= 4 is 23.0 Å². The zero-order chi connectivity index (χ0) is 13.9. The molecule has 1 atom stereocenters. The maximum atomic E-state index is 12.1. The summed E-state index contributed by atoms with van der Waals surface area (Å²) in [6.07, 6.45) is 0. The van der Waals surface area contributed by atoms with Crippen LogP contribution in [0, 0.1) is 0 Å². The van der Waals surface area contributed by atoms with Crippen LogP contribution in [-0.4, -0.2) is 43.1 Å². The first kappa shape index (κ1) is 12.9. The minimum absolute atomic E-state index is 0.00181. The predicted molar refractivity (Wildman–Crippen MR) is 76.7 cm³/mol. The first-order valence-electron chi connectivity index (χ1n) is 6.90. The number of anilines is 1. The summed E-state index contributed by atoms with van der Waals surface area (Å²) in [5, 5.41) is 6.09. The number of fused-ring (bicyclic) bond motifs is 1. The number of carbonyl (C=O) groups is 1. The molecule has 0 saturated carbocycles. The van der Waals surface area contributed by atoms with Crippen molar-refractivity contribution in [1.82, 2.24) is 15.6 Å². The molecular weight excluding hydrogens is 256 g/mol. The van der Waals surface area contributed by atoms with E-state index in [0.29, 0.717) is 25.6 Å². The average molecular weight is 274 g/mol. The highest BCUT2D eigenvalue weighted by molar-refractivity contribution is 5.85. The SMILES string of the molecule is CCNC(=O)C1CNCCN1c1nc2ccccc2o1. The van der Waals surface area contributed by atoms with Gasteiger partial charge in [-0.3, -0.25) is 4.79 Å². The van der Waals surface area contributed by atoms with Crippen molar-refractivity contribution in [1.29, 1.82) is 0 Å². The lowest BCUT2D eigenvalue weighted by Gasteiger charge is -2.33. The Hall–Kier alpha value is -2.08. The summed E-state index contributed by atoms with van der Waals surface area (Å²) in [5.41, 5.74) is 1.56. The van der Waals surface area contributed by atoms with E-state index in [4.69, 9.17) is 4.42 Å². The Morgan fingerprint density at radius 2 is 2.40 bits per heavy atom. The monoisotopic (exact) mass is 274 g/mol. The number of nitrogens with zero attached hydrogens (tertiary/aromatic N) is 2. The van der Waals surface area contributed by atoms with Crippen LogP contribution in [0.4, 0.5) is 6.01 Å². The van der Waals surface area contributed by atoms with Crippen LogP contribution in [0.3, 0.4) is 0 Å². The summed E-state index contributed by atoms with van der Waals surface area (Å²) in [4.78, 5) is 18.5. The molecule has 1 aromatic carbocycles. The van der Waals surface area contributed by atoms with E-state index in [-0.39, 0.29) is 11.9 Å². The molecule has 106 valence electrons. The highest BCUT2D eigenvalue weighted by Gasteiger charge is 2.31. The Labute approximate surface area is 117 Å². The van der Waals surface area contributed by atoms with Crippen molar-refractivity contribution in [3.63, 3.8) is 0 Å². The van der Waals surface area contributed by atoms with Gasteiger partial charge in [0.2, 0.25) is 5.91 Å². The predicted octanol–water partition coefficient (Wildman–Crippen LogP) is 0.742. The molecule has 0 bridgehead atoms. The molecule has 2 heterocycles. The van der Waals surface area contributed by atoms with Crippen LogP contribution in [0.5, 0.6) is 0 Å². The Morgan fingerprint density at radius 1 is 1.55 bits per heavy atom. The standard InChI is InChI=1S/C14H18N4O2/c1-2-16-13(19)11-9-15-7-8-18(11)14-17-10-5-3-4-6-12(10)20-14/h3-6,11,15H,2,7-9H2,1H3,(H,16,19). The number of likely N-dealkylation sites (N-methyl/N-ethyl adjacent to an activating group) is 1. The molecule has 0 radical (unpaired) electrons. The van der Waals surface area contributed by atoms with Crippen molar-refractivity contribution in [2.45, 2.75) is 13.0 Å². The number of rotatable bonds is 3. The molecule has 0 spiro atoms. The van der Waals surface area contributed by atoms with Crippen LogP contribution in [0.25, 0.3) is 11.1 Å². The molecule has 6 heteroatoms. The van der Waals surface area contributed by atoms with Gasteiger partial charge in [-0.2, -0.15) is 4.98 Å². The van der Waals surface area contributed by atoms with Gasteiger partial charge >= 0.3 is 0 Å². The van der Waals surface area contributed by atoms with Crippen LogP contribution < -0.4 is 15.5 Å². The number of para-hydroxylation sites is 2. The van der Waals surface area contributed by atoms with Crippen LogP contribution in [0.15, 0.2) is 28.7 Å². The zero-order valence-corrected chi connectivity index (χ0v) is 11.4. The van der Waals surface area contributed by atoms with Crippen molar-refractivity contribution in [3.05, 3.63) is 24.3 Å². The molecule has 1 aliphatic heterocycles. The summed E-state index contributed by atoms with van der Waals surface area (Å²) in [6, 6.07) is 7.87. The second kappa shape index (κ2) is 5.50. The average Bonchev–Trinajstić information content (AvgIpc) is 2.91. The van der Waals surface area contributed by atoms with Crippen LogP contribution >= 0.6 is 0 Å². The number of carbonyl (C=O) groups excluding carboxylic acids is 1. The summed E-state index contributed by atoms with van der Waals surface area (Å²) >= 11 is 0. The zero-order valence-electron chi connectivity index (χ0n) is 11.4. The quantitative estimate of drug-likeness (QED) is 0.864. The molecule has 2 aromatic rings. The number of benzene rings is 1. The topological polar surface area (TPSA) is 70.4 Å². The first-order chi connectivity index (χ1) is 9.79. The summed E-state index contributed by atoms with van der Waals surface area (Å²) in [7, 11) is 0. The lowest BCUT2D eigenvalue weighted by molar-refractivity contribution is -0.122. The van der Waals surface area contributed by atoms with E-state index in [1.54, 1.807) is 0 Å². The van der Waals surface area contributed by atoms with Gasteiger partial charge in [0.25, 0.3) is 6.01 Å². The van der Waals surface area contributed by atoms with E-state index >= 15 is 0 Å². The smallest absolute Gasteiger partial charge is 0.299 e. The van der Waals surface area contributed by atoms with Crippen molar-refractivity contribution in [3.8, 4) is 0 Å². The van der Waals surface area contributed by atoms with Gasteiger partial charge in [-0.05, 0) is 19.1 Å². The van der Waals surface area contributed by atoms with Gasteiger partial charge in [0.15, 0.2) is 5.58 Å². The fourth-order valence-corrected chi connectivity index (χ4v) is 2.44. The van der Waals surface area contributed by atoms with E-state index < -0.39 is 0 Å². The third-order valence-corrected chi connectivity index (χ3v) is 3.43. The largest absolute Gasteiger partial charge is 0.423 e. The van der Waals surface area contributed by atoms with E-state index in [1.807, 2.05) is 36.1 Å². The molecule has 1 aromatic heterocycles. The summed E-state index contributed by atoms with van der Waals surface area (Å²) in [5.74, 6) is 0.00181. The highest BCUT2D eigenvalue weighted by Crippen LogP contribution is 2.23. The molecule has 1 fully saturated rings. The van der Waals surface area contributed by atoms with Crippen molar-refractivity contribution < 1.29 is 9.21 Å². The molecule has 6 nitrogen and oxygen atoms in total. The molecule has 3 rings (SSSR count). The van der Waals surface area contributed by atoms with Crippen molar-refractivity contribution in [2.75, 3.05) is 31.1 Å². The second-order valence-corrected chi connectivity index (χ2v) is 4.77. The normalized spacial score (nSPS) is 19.2. The summed E-state index contributed by atoms with van der Waals surface area (Å²) in [6.45, 7) is 4.66. The molecule has 0 aliphatic carbocycles. The Bertz CT molecular complexity index is 577. The number of hydrogen-bond acceptors (Lipinski definition) is 5. The molecule has 20 heavy (non-hydrogen) atoms. The fraction of sp³-hybridized carbons (Fsp3) is 0.429. The van der Waals surface area contributed by atoms with Crippen molar-refractivity contribution in [2.24, 2.45) is 0 Å². The third kappa shape index (κ3) is 2.34. The first-order valence-corrected chi connectivity index (χ1v) is 6.90. The molecule has 1 saturated heterocycles. The summed E-state index contributed by atoms with van der Waals surface area (Å²) < 4.78 is 5.77. The van der Waals surface area contributed by atoms with Gasteiger partial charge in [0.1, 0.15) is 11.6 Å². The Kier molecular flexibility index (Phi) is 3.56. The molecular formula is C14H18N4O2. The lowest BCUT2D eigenvalue weighted by Crippen LogP contribution is -2.58. The molecule has 1 amide bonds. The van der Waals surface area contributed by atoms with Gasteiger partial charge in [-0.25, -0.2) is 0 Å². The van der Waals surface area contributed by atoms with Gasteiger partial charge in [-0.15, -0.1) is 0 Å². The van der Waals surface area contributed by atoms with Crippen LogP contribution in [-0.2, 0) is 4.79 Å². The highest BCUT2D eigenvalue weighted by atomic mass is 16.4. The molecule has 1 aliphatic rings. The maximum absolute atomic E-state index is 12.1. The molecule has 2 N–H and O–H groups in total. The van der Waals surface area contributed by atoms with Gasteiger partial charge < -0.3 is 20.0 Å². The van der Waals surface area contributed by atoms with Crippen LogP contribution in [0.1, 0.15) is 6.92 Å². The number of amides is 1. The van der Waals surface area contributed by atoms with E-state index in [9.17, 15) is 4.79 Å². The van der Waals surface area contributed by atoms with Gasteiger partial charge in [0, 0.05) is 26.2 Å². The van der Waals surface area contributed by atoms with E-state index in [2.05, 4.69) is 15.6 Å². The van der Waals surface area contributed by atoms with E-state index in [0.717, 1.165) is 17.6 Å². The van der Waals surface area contributed by atoms with E-state index in [1.165, 1.54) is 0 Å². The number of piperazine rings is 1. The number of aromatic nitrogens is 1. The molecule has 1 unspecified atom stereocenters. The Balaban J connectivity index is 1.90. The number of oxazole rings is 1. The fourth-order valence-electron chi connectivity index (χ4n) is 2.44. The minimum atomic E-state index is -0.281. The second-order valence-electron chi connectivity index (χ2n) is 4.77.